The maximum Gasteiger partial charge on any atom is 0.0626 e. The Morgan fingerprint density at radius 3 is 3.00 bits per heavy atom. The molecular weight excluding hydrogens is 298 g/mol. The predicted molar refractivity (Wildman–Crippen MR) is 91.2 cm³/mol. The number of hydrogen-bond acceptors (Lipinski definition) is 4. The van der Waals surface area contributed by atoms with Crippen molar-refractivity contribution in [3.05, 3.63) is 58.9 Å². The first-order valence-electron chi connectivity index (χ1n) is 7.54. The third-order valence-electron chi connectivity index (χ3n) is 3.83. The van der Waals surface area contributed by atoms with Gasteiger partial charge in [-0.3, -0.25) is 9.91 Å². The van der Waals surface area contributed by atoms with Gasteiger partial charge in [-0.15, -0.1) is 0 Å². The summed E-state index contributed by atoms with van der Waals surface area (Å²) < 4.78 is 0. The molecule has 0 spiro atoms. The number of rotatable bonds is 7. The van der Waals surface area contributed by atoms with Gasteiger partial charge in [0.05, 0.1) is 13.2 Å². The minimum absolute atomic E-state index is 0.0948. The Labute approximate surface area is 137 Å². The van der Waals surface area contributed by atoms with Crippen molar-refractivity contribution in [2.45, 2.75) is 19.9 Å². The number of aliphatic hydroxyl groups excluding tert-OH is 1. The SMILES string of the molecule is C=CN(CCO)NC1=C(C)CCN(Cc2cccc(Cl)c2)C1. The zero-order valence-electron chi connectivity index (χ0n) is 13.1. The van der Waals surface area contributed by atoms with E-state index >= 15 is 0 Å². The quantitative estimate of drug-likeness (QED) is 0.758. The summed E-state index contributed by atoms with van der Waals surface area (Å²) in [5.74, 6) is 0. The lowest BCUT2D eigenvalue weighted by Gasteiger charge is -2.33. The summed E-state index contributed by atoms with van der Waals surface area (Å²) >= 11 is 6.06. The molecule has 0 aliphatic carbocycles. The van der Waals surface area contributed by atoms with Crippen LogP contribution in [-0.2, 0) is 6.54 Å². The van der Waals surface area contributed by atoms with Crippen LogP contribution < -0.4 is 5.43 Å². The first-order chi connectivity index (χ1) is 10.6. The first kappa shape index (κ1) is 16.9. The highest BCUT2D eigenvalue weighted by Gasteiger charge is 2.17. The van der Waals surface area contributed by atoms with Crippen molar-refractivity contribution in [1.29, 1.82) is 0 Å². The number of benzene rings is 1. The van der Waals surface area contributed by atoms with Gasteiger partial charge in [-0.1, -0.05) is 30.3 Å². The molecule has 1 aromatic rings. The molecule has 0 unspecified atom stereocenters. The van der Waals surface area contributed by atoms with Gasteiger partial charge >= 0.3 is 0 Å². The molecule has 0 bridgehead atoms. The Balaban J connectivity index is 1.99. The number of nitrogens with one attached hydrogen (secondary N) is 1. The van der Waals surface area contributed by atoms with Crippen LogP contribution in [0.4, 0.5) is 0 Å². The molecule has 22 heavy (non-hydrogen) atoms. The molecule has 0 saturated heterocycles. The van der Waals surface area contributed by atoms with E-state index in [1.165, 1.54) is 16.8 Å². The van der Waals surface area contributed by atoms with Crippen molar-refractivity contribution in [3.63, 3.8) is 0 Å². The van der Waals surface area contributed by atoms with Crippen LogP contribution in [0.5, 0.6) is 0 Å². The molecule has 0 fully saturated rings. The number of halogens is 1. The average Bonchev–Trinajstić information content (AvgIpc) is 2.50. The summed E-state index contributed by atoms with van der Waals surface area (Å²) in [6.45, 7) is 9.31. The summed E-state index contributed by atoms with van der Waals surface area (Å²) in [4.78, 5) is 2.39. The topological polar surface area (TPSA) is 38.7 Å². The number of hydrogen-bond donors (Lipinski definition) is 2. The van der Waals surface area contributed by atoms with Gasteiger partial charge in [0.15, 0.2) is 0 Å². The van der Waals surface area contributed by atoms with Gasteiger partial charge in [-0.2, -0.15) is 0 Å². The van der Waals surface area contributed by atoms with Crippen LogP contribution in [0.1, 0.15) is 18.9 Å². The van der Waals surface area contributed by atoms with Crippen LogP contribution in [0.15, 0.2) is 48.3 Å². The lowest BCUT2D eigenvalue weighted by molar-refractivity contribution is 0.192. The van der Waals surface area contributed by atoms with Crippen molar-refractivity contribution in [3.8, 4) is 0 Å². The highest BCUT2D eigenvalue weighted by Crippen LogP contribution is 2.19. The molecule has 1 aliphatic rings. The summed E-state index contributed by atoms with van der Waals surface area (Å²) in [6, 6.07) is 8.01. The van der Waals surface area contributed by atoms with Crippen molar-refractivity contribution >= 4 is 11.6 Å². The summed E-state index contributed by atoms with van der Waals surface area (Å²) in [7, 11) is 0. The molecule has 2 N–H and O–H groups in total. The number of nitrogens with zero attached hydrogens (tertiary/aromatic N) is 2. The smallest absolute Gasteiger partial charge is 0.0626 e. The third kappa shape index (κ3) is 4.77. The highest BCUT2D eigenvalue weighted by atomic mass is 35.5. The molecule has 0 radical (unpaired) electrons. The van der Waals surface area contributed by atoms with Gasteiger partial charge in [0.1, 0.15) is 0 Å². The van der Waals surface area contributed by atoms with E-state index in [1.807, 2.05) is 23.2 Å². The maximum atomic E-state index is 9.07. The van der Waals surface area contributed by atoms with E-state index in [0.717, 1.165) is 31.1 Å². The molecule has 0 atom stereocenters. The van der Waals surface area contributed by atoms with E-state index in [-0.39, 0.29) is 6.61 Å². The number of hydrazine groups is 1. The molecule has 120 valence electrons. The molecule has 1 heterocycles. The molecule has 5 heteroatoms. The van der Waals surface area contributed by atoms with Gasteiger partial charge in [0.25, 0.3) is 0 Å². The Morgan fingerprint density at radius 2 is 2.32 bits per heavy atom. The average molecular weight is 322 g/mol. The fraction of sp³-hybridized carbons (Fsp3) is 0.412. The van der Waals surface area contributed by atoms with Crippen molar-refractivity contribution < 1.29 is 5.11 Å². The Morgan fingerprint density at radius 1 is 1.50 bits per heavy atom. The van der Waals surface area contributed by atoms with Crippen LogP contribution in [0.25, 0.3) is 0 Å². The van der Waals surface area contributed by atoms with Gasteiger partial charge in [-0.25, -0.2) is 0 Å². The molecule has 1 aromatic carbocycles. The zero-order chi connectivity index (χ0) is 15.9. The van der Waals surface area contributed by atoms with E-state index in [0.29, 0.717) is 6.54 Å². The molecular formula is C17H24ClN3O. The fourth-order valence-corrected chi connectivity index (χ4v) is 2.76. The zero-order valence-corrected chi connectivity index (χ0v) is 13.8. The lowest BCUT2D eigenvalue weighted by Crippen LogP contribution is -2.42. The monoisotopic (exact) mass is 321 g/mol. The van der Waals surface area contributed by atoms with E-state index in [1.54, 1.807) is 6.20 Å². The minimum atomic E-state index is 0.0948. The number of aliphatic hydroxyl groups is 1. The predicted octanol–water partition coefficient (Wildman–Crippen LogP) is 2.76. The normalized spacial score (nSPS) is 15.8. The van der Waals surface area contributed by atoms with Crippen LogP contribution in [-0.4, -0.2) is 41.3 Å². The minimum Gasteiger partial charge on any atom is -0.394 e. The van der Waals surface area contributed by atoms with Crippen LogP contribution in [0.3, 0.4) is 0 Å². The third-order valence-corrected chi connectivity index (χ3v) is 4.07. The Kier molecular flexibility index (Phi) is 6.31. The van der Waals surface area contributed by atoms with Crippen molar-refractivity contribution in [1.82, 2.24) is 15.3 Å². The summed E-state index contributed by atoms with van der Waals surface area (Å²) in [6.07, 6.45) is 2.74. The van der Waals surface area contributed by atoms with E-state index in [2.05, 4.69) is 29.9 Å². The second kappa shape index (κ2) is 8.22. The maximum absolute atomic E-state index is 9.07. The summed E-state index contributed by atoms with van der Waals surface area (Å²) in [5.41, 5.74) is 7.11. The fourth-order valence-electron chi connectivity index (χ4n) is 2.55. The summed E-state index contributed by atoms with van der Waals surface area (Å²) in [5, 5.41) is 11.7. The van der Waals surface area contributed by atoms with E-state index in [9.17, 15) is 0 Å². The molecule has 0 saturated carbocycles. The molecule has 4 nitrogen and oxygen atoms in total. The van der Waals surface area contributed by atoms with Crippen LogP contribution in [0.2, 0.25) is 5.02 Å². The highest BCUT2D eigenvalue weighted by molar-refractivity contribution is 6.30. The molecule has 1 aliphatic heterocycles. The Hall–Kier alpha value is -1.49. The van der Waals surface area contributed by atoms with E-state index < -0.39 is 0 Å². The molecule has 0 aromatic heterocycles. The van der Waals surface area contributed by atoms with Crippen molar-refractivity contribution in [2.24, 2.45) is 0 Å². The largest absolute Gasteiger partial charge is 0.394 e. The van der Waals surface area contributed by atoms with Gasteiger partial charge in [0.2, 0.25) is 0 Å². The lowest BCUT2D eigenvalue weighted by atomic mass is 10.1. The standard InChI is InChI=1S/C17H24ClN3O/c1-3-21(9-10-22)19-17-13-20(8-7-14(17)2)12-15-5-4-6-16(18)11-15/h3-6,11,19,22H,1,7-10,12-13H2,2H3. The van der Waals surface area contributed by atoms with Crippen molar-refractivity contribution in [2.75, 3.05) is 26.2 Å². The van der Waals surface area contributed by atoms with Gasteiger partial charge < -0.3 is 10.5 Å². The molecule has 2 rings (SSSR count). The Bertz CT molecular complexity index is 544. The molecule has 0 amide bonds. The van der Waals surface area contributed by atoms with E-state index in [4.69, 9.17) is 16.7 Å². The van der Waals surface area contributed by atoms with Crippen LogP contribution in [0, 0.1) is 0 Å². The second-order valence-electron chi connectivity index (χ2n) is 5.56. The van der Waals surface area contributed by atoms with Gasteiger partial charge in [-0.05, 0) is 36.6 Å². The second-order valence-corrected chi connectivity index (χ2v) is 6.00. The first-order valence-corrected chi connectivity index (χ1v) is 7.92. The van der Waals surface area contributed by atoms with Crippen LogP contribution >= 0.6 is 11.6 Å². The van der Waals surface area contributed by atoms with Gasteiger partial charge in [0, 0.05) is 36.6 Å².